The number of hydrogen-bond acceptors (Lipinski definition) is 2. The molecule has 1 heterocycles. The van der Waals surface area contributed by atoms with Crippen LogP contribution in [0.2, 0.25) is 0 Å². The summed E-state index contributed by atoms with van der Waals surface area (Å²) in [5.41, 5.74) is 3.25. The molecule has 4 heteroatoms. The normalized spacial score (nSPS) is 17.2. The highest BCUT2D eigenvalue weighted by Gasteiger charge is 2.23. The third-order valence-corrected chi connectivity index (χ3v) is 5.33. The first-order valence-electron chi connectivity index (χ1n) is 9.90. The number of amides is 2. The number of rotatable bonds is 6. The van der Waals surface area contributed by atoms with E-state index in [1.54, 1.807) is 0 Å². The Hall–Kier alpha value is -1.55. The molecule has 1 saturated heterocycles. The van der Waals surface area contributed by atoms with E-state index in [2.05, 4.69) is 42.4 Å². The summed E-state index contributed by atoms with van der Waals surface area (Å²) in [4.78, 5) is 15.0. The number of para-hydroxylation sites is 1. The minimum absolute atomic E-state index is 0.0931. The molecular formula is C21H35N3O. The number of urea groups is 1. The van der Waals surface area contributed by atoms with Crippen LogP contribution in [-0.4, -0.2) is 36.6 Å². The summed E-state index contributed by atoms with van der Waals surface area (Å²) >= 11 is 0. The van der Waals surface area contributed by atoms with E-state index in [0.29, 0.717) is 18.5 Å². The highest BCUT2D eigenvalue weighted by Crippen LogP contribution is 2.21. The van der Waals surface area contributed by atoms with Gasteiger partial charge in [0.05, 0.1) is 0 Å². The second kappa shape index (κ2) is 9.81. The van der Waals surface area contributed by atoms with Gasteiger partial charge in [0, 0.05) is 18.3 Å². The Morgan fingerprint density at radius 2 is 1.84 bits per heavy atom. The van der Waals surface area contributed by atoms with Crippen molar-refractivity contribution in [2.24, 2.45) is 5.92 Å². The number of anilines is 1. The molecule has 0 aromatic heterocycles. The van der Waals surface area contributed by atoms with E-state index in [1.165, 1.54) is 31.2 Å². The number of aryl methyl sites for hydroxylation is 2. The molecule has 140 valence electrons. The quantitative estimate of drug-likeness (QED) is 0.792. The Kier molecular flexibility index (Phi) is 7.76. The third kappa shape index (κ3) is 5.74. The highest BCUT2D eigenvalue weighted by molar-refractivity contribution is 5.91. The van der Waals surface area contributed by atoms with Gasteiger partial charge in [-0.25, -0.2) is 4.79 Å². The lowest BCUT2D eigenvalue weighted by molar-refractivity contribution is 0.158. The molecule has 2 N–H and O–H groups in total. The second-order valence-electron chi connectivity index (χ2n) is 7.56. The predicted molar refractivity (Wildman–Crippen MR) is 106 cm³/mol. The maximum atomic E-state index is 12.5. The molecule has 2 rings (SSSR count). The van der Waals surface area contributed by atoms with Crippen molar-refractivity contribution in [2.45, 2.75) is 65.8 Å². The maximum Gasteiger partial charge on any atom is 0.319 e. The number of benzene rings is 1. The van der Waals surface area contributed by atoms with Crippen LogP contribution in [-0.2, 0) is 6.42 Å². The van der Waals surface area contributed by atoms with Crippen LogP contribution in [0.3, 0.4) is 0 Å². The Labute approximate surface area is 153 Å². The Balaban J connectivity index is 1.95. The smallest absolute Gasteiger partial charge is 0.319 e. The minimum atomic E-state index is -0.0931. The Morgan fingerprint density at radius 1 is 1.16 bits per heavy atom. The van der Waals surface area contributed by atoms with Crippen molar-refractivity contribution in [1.82, 2.24) is 10.2 Å². The lowest BCUT2D eigenvalue weighted by Gasteiger charge is -2.33. The molecule has 1 unspecified atom stereocenters. The number of nitrogens with one attached hydrogen (secondary N) is 2. The van der Waals surface area contributed by atoms with Crippen molar-refractivity contribution in [1.29, 1.82) is 0 Å². The molecule has 0 spiro atoms. The zero-order valence-corrected chi connectivity index (χ0v) is 16.4. The molecule has 0 saturated carbocycles. The molecule has 4 nitrogen and oxygen atoms in total. The van der Waals surface area contributed by atoms with Crippen LogP contribution >= 0.6 is 0 Å². The van der Waals surface area contributed by atoms with E-state index in [-0.39, 0.29) is 6.03 Å². The Morgan fingerprint density at radius 3 is 2.44 bits per heavy atom. The number of carbonyl (C=O) groups excluding carboxylic acids is 1. The molecule has 1 aliphatic rings. The fraction of sp³-hybridized carbons (Fsp3) is 0.667. The summed E-state index contributed by atoms with van der Waals surface area (Å²) in [6.07, 6.45) is 6.14. The molecular weight excluding hydrogens is 310 g/mol. The average Bonchev–Trinajstić information content (AvgIpc) is 2.86. The minimum Gasteiger partial charge on any atom is -0.336 e. The van der Waals surface area contributed by atoms with E-state index in [0.717, 1.165) is 30.8 Å². The van der Waals surface area contributed by atoms with Crippen molar-refractivity contribution in [3.63, 3.8) is 0 Å². The summed E-state index contributed by atoms with van der Waals surface area (Å²) in [5, 5.41) is 6.19. The van der Waals surface area contributed by atoms with Crippen LogP contribution in [0.1, 0.15) is 57.6 Å². The standard InChI is InChI=1S/C21H35N3O/c1-5-18-12-10-11-17(4)20(18)23-21(25)22-15-19(16(2)3)24-13-8-6-7-9-14-24/h10-12,16,19H,5-9,13-15H2,1-4H3,(H2,22,23,25). The summed E-state index contributed by atoms with van der Waals surface area (Å²) in [7, 11) is 0. The van der Waals surface area contributed by atoms with E-state index in [9.17, 15) is 4.79 Å². The number of carbonyl (C=O) groups is 1. The van der Waals surface area contributed by atoms with E-state index in [4.69, 9.17) is 0 Å². The predicted octanol–water partition coefficient (Wildman–Crippen LogP) is 4.58. The first kappa shape index (κ1) is 19.8. The van der Waals surface area contributed by atoms with Crippen LogP contribution in [0.15, 0.2) is 18.2 Å². The first-order valence-corrected chi connectivity index (χ1v) is 9.90. The first-order chi connectivity index (χ1) is 12.0. The summed E-state index contributed by atoms with van der Waals surface area (Å²) in [6, 6.07) is 6.49. The molecule has 0 bridgehead atoms. The van der Waals surface area contributed by atoms with Gasteiger partial charge in [0.2, 0.25) is 0 Å². The zero-order valence-electron chi connectivity index (χ0n) is 16.4. The third-order valence-electron chi connectivity index (χ3n) is 5.33. The van der Waals surface area contributed by atoms with E-state index in [1.807, 2.05) is 19.1 Å². The van der Waals surface area contributed by atoms with Crippen LogP contribution in [0, 0.1) is 12.8 Å². The summed E-state index contributed by atoms with van der Waals surface area (Å²) < 4.78 is 0. The van der Waals surface area contributed by atoms with Crippen LogP contribution in [0.4, 0.5) is 10.5 Å². The van der Waals surface area contributed by atoms with Crippen LogP contribution in [0.5, 0.6) is 0 Å². The van der Waals surface area contributed by atoms with Gasteiger partial charge < -0.3 is 10.6 Å². The van der Waals surface area contributed by atoms with Crippen molar-refractivity contribution in [3.05, 3.63) is 29.3 Å². The molecule has 0 aliphatic carbocycles. The number of likely N-dealkylation sites (tertiary alicyclic amines) is 1. The molecule has 1 aliphatic heterocycles. The van der Waals surface area contributed by atoms with Gasteiger partial charge in [-0.2, -0.15) is 0 Å². The molecule has 1 aromatic carbocycles. The molecule has 1 fully saturated rings. The number of hydrogen-bond donors (Lipinski definition) is 2. The van der Waals surface area contributed by atoms with Gasteiger partial charge in [0.25, 0.3) is 0 Å². The maximum absolute atomic E-state index is 12.5. The molecule has 1 atom stereocenters. The van der Waals surface area contributed by atoms with Gasteiger partial charge >= 0.3 is 6.03 Å². The Bertz CT molecular complexity index is 548. The van der Waals surface area contributed by atoms with Crippen LogP contribution in [0.25, 0.3) is 0 Å². The monoisotopic (exact) mass is 345 g/mol. The van der Waals surface area contributed by atoms with E-state index >= 15 is 0 Å². The van der Waals surface area contributed by atoms with Crippen molar-refractivity contribution >= 4 is 11.7 Å². The second-order valence-corrected chi connectivity index (χ2v) is 7.56. The molecule has 0 radical (unpaired) electrons. The number of nitrogens with zero attached hydrogens (tertiary/aromatic N) is 1. The zero-order chi connectivity index (χ0) is 18.2. The van der Waals surface area contributed by atoms with Crippen LogP contribution < -0.4 is 10.6 Å². The molecule has 2 amide bonds. The highest BCUT2D eigenvalue weighted by atomic mass is 16.2. The lowest BCUT2D eigenvalue weighted by atomic mass is 10.0. The fourth-order valence-corrected chi connectivity index (χ4v) is 3.77. The van der Waals surface area contributed by atoms with Gasteiger partial charge in [-0.3, -0.25) is 4.90 Å². The summed E-state index contributed by atoms with van der Waals surface area (Å²) in [5.74, 6) is 0.531. The summed E-state index contributed by atoms with van der Waals surface area (Å²) in [6.45, 7) is 11.7. The van der Waals surface area contributed by atoms with Gasteiger partial charge in [0.15, 0.2) is 0 Å². The molecule has 25 heavy (non-hydrogen) atoms. The van der Waals surface area contributed by atoms with Crippen molar-refractivity contribution in [3.8, 4) is 0 Å². The van der Waals surface area contributed by atoms with Gasteiger partial charge in [-0.1, -0.05) is 51.8 Å². The van der Waals surface area contributed by atoms with Crippen molar-refractivity contribution < 1.29 is 4.79 Å². The van der Waals surface area contributed by atoms with Gasteiger partial charge in [0.1, 0.15) is 0 Å². The van der Waals surface area contributed by atoms with E-state index < -0.39 is 0 Å². The molecule has 1 aromatic rings. The topological polar surface area (TPSA) is 44.4 Å². The lowest BCUT2D eigenvalue weighted by Crippen LogP contribution is -2.48. The SMILES string of the molecule is CCc1cccc(C)c1NC(=O)NCC(C(C)C)N1CCCCCC1. The average molecular weight is 346 g/mol. The van der Waals surface area contributed by atoms with Gasteiger partial charge in [-0.05, 0) is 56.3 Å². The largest absolute Gasteiger partial charge is 0.336 e. The van der Waals surface area contributed by atoms with Crippen molar-refractivity contribution in [2.75, 3.05) is 25.0 Å². The fourth-order valence-electron chi connectivity index (χ4n) is 3.77. The van der Waals surface area contributed by atoms with Gasteiger partial charge in [-0.15, -0.1) is 0 Å².